The summed E-state index contributed by atoms with van der Waals surface area (Å²) in [6.45, 7) is 7.31. The zero-order chi connectivity index (χ0) is 13.8. The lowest BCUT2D eigenvalue weighted by Crippen LogP contribution is -2.04. The van der Waals surface area contributed by atoms with Gasteiger partial charge in [-0.25, -0.2) is 4.98 Å². The van der Waals surface area contributed by atoms with Crippen LogP contribution in [0.4, 0.5) is 0 Å². The van der Waals surface area contributed by atoms with Gasteiger partial charge in [-0.1, -0.05) is 12.1 Å². The number of nitrogens with one attached hydrogen (secondary N) is 1. The third kappa shape index (κ3) is 3.15. The molecule has 0 aliphatic carbocycles. The molecule has 0 aliphatic rings. The highest BCUT2D eigenvalue weighted by molar-refractivity contribution is 5.44. The molecule has 0 unspecified atom stereocenters. The molecule has 0 bridgehead atoms. The van der Waals surface area contributed by atoms with Crippen LogP contribution >= 0.6 is 0 Å². The Balaban J connectivity index is 2.07. The molecule has 2 rings (SSSR count). The predicted octanol–water partition coefficient (Wildman–Crippen LogP) is 2.42. The number of hydrogen-bond acceptors (Lipinski definition) is 3. The van der Waals surface area contributed by atoms with Crippen LogP contribution in [-0.4, -0.2) is 16.5 Å². The van der Waals surface area contributed by atoms with E-state index in [9.17, 15) is 0 Å². The van der Waals surface area contributed by atoms with Crippen LogP contribution in [0.3, 0.4) is 0 Å². The van der Waals surface area contributed by atoms with E-state index in [-0.39, 0.29) is 0 Å². The lowest BCUT2D eigenvalue weighted by Gasteiger charge is -2.13. The lowest BCUT2D eigenvalue weighted by molar-refractivity contribution is 0.292. The monoisotopic (exact) mass is 259 g/mol. The maximum absolute atomic E-state index is 5.90. The average molecular weight is 259 g/mol. The van der Waals surface area contributed by atoms with Crippen molar-refractivity contribution in [2.45, 2.75) is 33.8 Å². The molecular formula is C15H21N3O. The summed E-state index contributed by atoms with van der Waals surface area (Å²) in [7, 11) is 0. The van der Waals surface area contributed by atoms with Gasteiger partial charge in [0.25, 0.3) is 0 Å². The summed E-state index contributed by atoms with van der Waals surface area (Å²) in [4.78, 5) is 7.52. The molecule has 1 aromatic heterocycles. The Morgan fingerprint density at radius 3 is 2.68 bits per heavy atom. The Hall–Kier alpha value is -1.81. The standard InChI is InChI=1S/C15H21N3O/c1-10-4-5-11(2)15(12(10)3)19-9-14-17-8-13(18-14)6-7-16/h4-5,8H,6-7,9,16H2,1-3H3,(H,17,18). The van der Waals surface area contributed by atoms with Crippen LogP contribution < -0.4 is 10.5 Å². The van der Waals surface area contributed by atoms with Crippen LogP contribution in [0.15, 0.2) is 18.3 Å². The molecule has 4 nitrogen and oxygen atoms in total. The summed E-state index contributed by atoms with van der Waals surface area (Å²) in [6, 6.07) is 4.20. The largest absolute Gasteiger partial charge is 0.485 e. The third-order valence-corrected chi connectivity index (χ3v) is 3.32. The topological polar surface area (TPSA) is 63.9 Å². The first-order valence-electron chi connectivity index (χ1n) is 6.54. The number of aryl methyl sites for hydroxylation is 2. The number of rotatable bonds is 5. The molecule has 102 valence electrons. The van der Waals surface area contributed by atoms with E-state index in [0.717, 1.165) is 29.3 Å². The van der Waals surface area contributed by atoms with E-state index >= 15 is 0 Å². The van der Waals surface area contributed by atoms with Crippen molar-refractivity contribution in [1.82, 2.24) is 9.97 Å². The molecule has 1 aromatic carbocycles. The second kappa shape index (κ2) is 5.89. The van der Waals surface area contributed by atoms with Crippen LogP contribution in [0.1, 0.15) is 28.2 Å². The average Bonchev–Trinajstić information content (AvgIpc) is 2.82. The molecule has 0 saturated carbocycles. The van der Waals surface area contributed by atoms with Crippen LogP contribution in [-0.2, 0) is 13.0 Å². The molecule has 0 aliphatic heterocycles. The number of ether oxygens (including phenoxy) is 1. The number of hydrogen-bond donors (Lipinski definition) is 2. The van der Waals surface area contributed by atoms with Crippen molar-refractivity contribution in [3.05, 3.63) is 46.5 Å². The van der Waals surface area contributed by atoms with E-state index in [1.807, 2.05) is 6.20 Å². The Morgan fingerprint density at radius 2 is 1.95 bits per heavy atom. The smallest absolute Gasteiger partial charge is 0.146 e. The zero-order valence-electron chi connectivity index (χ0n) is 11.8. The first-order valence-corrected chi connectivity index (χ1v) is 6.54. The lowest BCUT2D eigenvalue weighted by atomic mass is 10.1. The van der Waals surface area contributed by atoms with E-state index in [4.69, 9.17) is 10.5 Å². The van der Waals surface area contributed by atoms with E-state index in [2.05, 4.69) is 42.9 Å². The minimum atomic E-state index is 0.454. The molecule has 19 heavy (non-hydrogen) atoms. The van der Waals surface area contributed by atoms with Crippen molar-refractivity contribution in [2.75, 3.05) is 6.54 Å². The number of imidazole rings is 1. The van der Waals surface area contributed by atoms with Crippen LogP contribution in [0.25, 0.3) is 0 Å². The SMILES string of the molecule is Cc1ccc(C)c(OCc2ncc(CCN)[nH]2)c1C. The third-order valence-electron chi connectivity index (χ3n) is 3.32. The fourth-order valence-electron chi connectivity index (χ4n) is 2.05. The van der Waals surface area contributed by atoms with E-state index in [0.29, 0.717) is 13.2 Å². The van der Waals surface area contributed by atoms with Gasteiger partial charge in [-0.3, -0.25) is 0 Å². The molecule has 0 atom stereocenters. The highest BCUT2D eigenvalue weighted by Crippen LogP contribution is 2.26. The quantitative estimate of drug-likeness (QED) is 0.866. The highest BCUT2D eigenvalue weighted by Gasteiger charge is 2.08. The van der Waals surface area contributed by atoms with Crippen molar-refractivity contribution >= 4 is 0 Å². The van der Waals surface area contributed by atoms with E-state index in [1.165, 1.54) is 11.1 Å². The molecule has 0 amide bonds. The number of H-pyrrole nitrogens is 1. The molecule has 0 fully saturated rings. The van der Waals surface area contributed by atoms with Crippen molar-refractivity contribution < 1.29 is 4.74 Å². The Morgan fingerprint density at radius 1 is 1.21 bits per heavy atom. The minimum absolute atomic E-state index is 0.454. The number of nitrogens with two attached hydrogens (primary N) is 1. The zero-order valence-corrected chi connectivity index (χ0v) is 11.8. The molecule has 1 heterocycles. The molecule has 4 heteroatoms. The molecule has 2 aromatic rings. The van der Waals surface area contributed by atoms with E-state index < -0.39 is 0 Å². The van der Waals surface area contributed by atoms with Crippen molar-refractivity contribution in [2.24, 2.45) is 5.73 Å². The second-order valence-corrected chi connectivity index (χ2v) is 4.84. The summed E-state index contributed by atoms with van der Waals surface area (Å²) in [6.07, 6.45) is 2.64. The van der Waals surface area contributed by atoms with Gasteiger partial charge in [0.15, 0.2) is 0 Å². The van der Waals surface area contributed by atoms with Gasteiger partial charge in [0, 0.05) is 18.3 Å². The fraction of sp³-hybridized carbons (Fsp3) is 0.400. The Kier molecular flexibility index (Phi) is 4.22. The van der Waals surface area contributed by atoms with Crippen LogP contribution in [0.2, 0.25) is 0 Å². The normalized spacial score (nSPS) is 10.7. The van der Waals surface area contributed by atoms with Gasteiger partial charge >= 0.3 is 0 Å². The summed E-state index contributed by atoms with van der Waals surface area (Å²) < 4.78 is 5.90. The van der Waals surface area contributed by atoms with Gasteiger partial charge in [-0.2, -0.15) is 0 Å². The van der Waals surface area contributed by atoms with Crippen molar-refractivity contribution in [1.29, 1.82) is 0 Å². The second-order valence-electron chi connectivity index (χ2n) is 4.84. The summed E-state index contributed by atoms with van der Waals surface area (Å²) >= 11 is 0. The highest BCUT2D eigenvalue weighted by atomic mass is 16.5. The van der Waals surface area contributed by atoms with Crippen LogP contribution in [0, 0.1) is 20.8 Å². The molecule has 0 spiro atoms. The Labute approximate surface area is 114 Å². The van der Waals surface area contributed by atoms with Crippen molar-refractivity contribution in [3.63, 3.8) is 0 Å². The fourth-order valence-corrected chi connectivity index (χ4v) is 2.05. The van der Waals surface area contributed by atoms with E-state index in [1.54, 1.807) is 0 Å². The van der Waals surface area contributed by atoms with Gasteiger partial charge in [0.1, 0.15) is 18.2 Å². The number of nitrogens with zero attached hydrogens (tertiary/aromatic N) is 1. The minimum Gasteiger partial charge on any atom is -0.485 e. The van der Waals surface area contributed by atoms with Gasteiger partial charge in [-0.05, 0) is 44.0 Å². The molecule has 0 radical (unpaired) electrons. The van der Waals surface area contributed by atoms with Gasteiger partial charge in [0.05, 0.1) is 0 Å². The number of aromatic nitrogens is 2. The van der Waals surface area contributed by atoms with Gasteiger partial charge < -0.3 is 15.5 Å². The first-order chi connectivity index (χ1) is 9.11. The van der Waals surface area contributed by atoms with Gasteiger partial charge in [0.2, 0.25) is 0 Å². The maximum atomic E-state index is 5.90. The molecule has 0 saturated heterocycles. The van der Waals surface area contributed by atoms with Gasteiger partial charge in [-0.15, -0.1) is 0 Å². The number of aromatic amines is 1. The van der Waals surface area contributed by atoms with Crippen LogP contribution in [0.5, 0.6) is 5.75 Å². The first kappa shape index (κ1) is 13.6. The number of benzene rings is 1. The summed E-state index contributed by atoms with van der Waals surface area (Å²) in [5.41, 5.74) is 10.1. The summed E-state index contributed by atoms with van der Waals surface area (Å²) in [5, 5.41) is 0. The Bertz CT molecular complexity index is 561. The molecular weight excluding hydrogens is 238 g/mol. The summed E-state index contributed by atoms with van der Waals surface area (Å²) in [5.74, 6) is 1.79. The predicted molar refractivity (Wildman–Crippen MR) is 76.3 cm³/mol. The van der Waals surface area contributed by atoms with Crippen molar-refractivity contribution in [3.8, 4) is 5.75 Å². The maximum Gasteiger partial charge on any atom is 0.146 e. The molecule has 3 N–H and O–H groups in total.